The number of nitrogens with one attached hydrogen (secondary N) is 1. The summed E-state index contributed by atoms with van der Waals surface area (Å²) < 4.78 is 5.22. The van der Waals surface area contributed by atoms with E-state index in [-0.39, 0.29) is 43.1 Å². The second-order valence-electron chi connectivity index (χ2n) is 9.56. The quantitative estimate of drug-likeness (QED) is 0.667. The molecular formula is C28H31N3O4. The minimum Gasteiger partial charge on any atom is -0.497 e. The molecule has 2 aromatic rings. The van der Waals surface area contributed by atoms with Crippen molar-refractivity contribution in [2.75, 3.05) is 32.1 Å². The second-order valence-corrected chi connectivity index (χ2v) is 9.56. The van der Waals surface area contributed by atoms with Gasteiger partial charge in [-0.2, -0.15) is 0 Å². The summed E-state index contributed by atoms with van der Waals surface area (Å²) in [5.41, 5.74) is 2.65. The van der Waals surface area contributed by atoms with Crippen molar-refractivity contribution < 1.29 is 19.4 Å². The molecule has 7 heteroatoms. The zero-order chi connectivity index (χ0) is 24.4. The normalized spacial score (nSPS) is 23.7. The van der Waals surface area contributed by atoms with E-state index in [2.05, 4.69) is 17.2 Å². The lowest BCUT2D eigenvalue weighted by Gasteiger charge is -2.58. The first-order valence-electron chi connectivity index (χ1n) is 12.3. The zero-order valence-electron chi connectivity index (χ0n) is 19.9. The van der Waals surface area contributed by atoms with E-state index in [1.165, 1.54) is 25.7 Å². The average Bonchev–Trinajstić information content (AvgIpc) is 3.38. The van der Waals surface area contributed by atoms with Gasteiger partial charge >= 0.3 is 6.03 Å². The zero-order valence-corrected chi connectivity index (χ0v) is 19.9. The topological polar surface area (TPSA) is 82.1 Å². The third-order valence-electron chi connectivity index (χ3n) is 7.43. The van der Waals surface area contributed by atoms with E-state index in [0.29, 0.717) is 23.9 Å². The number of rotatable bonds is 4. The number of nitrogens with zero attached hydrogens (tertiary/aromatic N) is 2. The summed E-state index contributed by atoms with van der Waals surface area (Å²) in [6.45, 7) is 0.295. The van der Waals surface area contributed by atoms with E-state index in [1.54, 1.807) is 41.2 Å². The minimum absolute atomic E-state index is 0.00871. The first kappa shape index (κ1) is 23.3. The number of fused-ring (bicyclic) bond motifs is 1. The Kier molecular flexibility index (Phi) is 6.65. The molecule has 1 saturated carbocycles. The predicted molar refractivity (Wildman–Crippen MR) is 133 cm³/mol. The van der Waals surface area contributed by atoms with Crippen LogP contribution in [0, 0.1) is 17.8 Å². The highest BCUT2D eigenvalue weighted by atomic mass is 16.5. The summed E-state index contributed by atoms with van der Waals surface area (Å²) in [6.07, 6.45) is 4.93. The number of hydrogen-bond donors (Lipinski definition) is 2. The summed E-state index contributed by atoms with van der Waals surface area (Å²) >= 11 is 0. The molecule has 0 spiro atoms. The molecule has 3 aliphatic rings. The van der Waals surface area contributed by atoms with Crippen LogP contribution >= 0.6 is 0 Å². The fourth-order valence-electron chi connectivity index (χ4n) is 5.60. The molecule has 3 atom stereocenters. The molecule has 0 unspecified atom stereocenters. The fraction of sp³-hybridized carbons (Fsp3) is 0.429. The van der Waals surface area contributed by atoms with E-state index in [4.69, 9.17) is 4.74 Å². The molecule has 2 heterocycles. The van der Waals surface area contributed by atoms with Gasteiger partial charge in [0.15, 0.2) is 0 Å². The van der Waals surface area contributed by atoms with Crippen molar-refractivity contribution >= 4 is 17.6 Å². The summed E-state index contributed by atoms with van der Waals surface area (Å²) in [5.74, 6) is 7.66. The van der Waals surface area contributed by atoms with Crippen molar-refractivity contribution in [2.45, 2.75) is 43.7 Å². The van der Waals surface area contributed by atoms with Gasteiger partial charge in [-0.05, 0) is 42.7 Å². The third kappa shape index (κ3) is 4.71. The Morgan fingerprint density at radius 3 is 2.66 bits per heavy atom. The number of hydrogen-bond acceptors (Lipinski definition) is 4. The average molecular weight is 474 g/mol. The lowest BCUT2D eigenvalue weighted by Crippen LogP contribution is -2.73. The molecule has 2 aliphatic heterocycles. The van der Waals surface area contributed by atoms with E-state index >= 15 is 0 Å². The van der Waals surface area contributed by atoms with Crippen LogP contribution in [-0.4, -0.2) is 65.7 Å². The lowest BCUT2D eigenvalue weighted by molar-refractivity contribution is -0.159. The molecule has 3 fully saturated rings. The highest BCUT2D eigenvalue weighted by Crippen LogP contribution is 2.43. The number of ether oxygens (including phenoxy) is 1. The van der Waals surface area contributed by atoms with E-state index in [9.17, 15) is 14.7 Å². The molecule has 3 amide bonds. The Morgan fingerprint density at radius 2 is 1.94 bits per heavy atom. The van der Waals surface area contributed by atoms with Gasteiger partial charge in [-0.15, -0.1) is 0 Å². The number of urea groups is 1. The molecule has 7 nitrogen and oxygen atoms in total. The minimum atomic E-state index is -0.324. The van der Waals surface area contributed by atoms with Crippen molar-refractivity contribution in [3.05, 3.63) is 59.7 Å². The maximum absolute atomic E-state index is 12.9. The summed E-state index contributed by atoms with van der Waals surface area (Å²) in [4.78, 5) is 29.1. The summed E-state index contributed by atoms with van der Waals surface area (Å²) in [5, 5.41) is 12.9. The number of carbonyl (C=O) groups excluding carboxylic acids is 2. The number of aliphatic hydroxyl groups is 1. The molecule has 0 aromatic heterocycles. The third-order valence-corrected chi connectivity index (χ3v) is 7.43. The van der Waals surface area contributed by atoms with Crippen molar-refractivity contribution in [2.24, 2.45) is 5.92 Å². The Morgan fingerprint density at radius 1 is 1.17 bits per heavy atom. The molecule has 2 saturated heterocycles. The highest BCUT2D eigenvalue weighted by molar-refractivity contribution is 5.94. The number of benzene rings is 2. The van der Waals surface area contributed by atoms with E-state index in [0.717, 1.165) is 11.1 Å². The number of anilines is 1. The Bertz CT molecular complexity index is 1150. The first-order chi connectivity index (χ1) is 17.1. The van der Waals surface area contributed by atoms with Crippen molar-refractivity contribution in [3.63, 3.8) is 0 Å². The second kappa shape index (κ2) is 10.0. The Hall–Kier alpha value is -3.50. The van der Waals surface area contributed by atoms with Gasteiger partial charge in [-0.3, -0.25) is 4.79 Å². The highest BCUT2D eigenvalue weighted by Gasteiger charge is 2.54. The van der Waals surface area contributed by atoms with Crippen LogP contribution in [0.15, 0.2) is 48.5 Å². The number of piperazine rings is 1. The first-order valence-corrected chi connectivity index (χ1v) is 12.3. The molecule has 0 radical (unpaired) electrons. The van der Waals surface area contributed by atoms with E-state index in [1.807, 2.05) is 24.3 Å². The van der Waals surface area contributed by atoms with Crippen molar-refractivity contribution in [1.82, 2.24) is 9.80 Å². The molecule has 35 heavy (non-hydrogen) atoms. The van der Waals surface area contributed by atoms with E-state index < -0.39 is 0 Å². The molecule has 0 bridgehead atoms. The number of aliphatic hydroxyl groups excluding tert-OH is 1. The molecule has 2 aromatic carbocycles. The fourth-order valence-corrected chi connectivity index (χ4v) is 5.60. The molecular weight excluding hydrogens is 442 g/mol. The van der Waals surface area contributed by atoms with Crippen LogP contribution in [0.25, 0.3) is 0 Å². The van der Waals surface area contributed by atoms with Gasteiger partial charge in [0.05, 0.1) is 25.8 Å². The summed E-state index contributed by atoms with van der Waals surface area (Å²) in [7, 11) is 1.57. The predicted octanol–water partition coefficient (Wildman–Crippen LogP) is 3.44. The van der Waals surface area contributed by atoms with Crippen LogP contribution in [-0.2, 0) is 4.79 Å². The number of methoxy groups -OCH3 is 1. The standard InChI is InChI=1S/C28H31N3O4/c1-35-23-8-4-7-22(15-23)29-28(34)30-16-24-27(25(18-32)31(24)26(33)17-30)21-13-11-20(12-14-21)10-9-19-5-2-3-6-19/h4,7-8,11-15,19,24-25,27,32H,2-3,5-6,16-18H2,1H3,(H,29,34)/t24-,25-,27-/m0/s1. The molecule has 182 valence electrons. The van der Waals surface area contributed by atoms with Gasteiger partial charge in [0.1, 0.15) is 12.3 Å². The van der Waals surface area contributed by atoms with Crippen molar-refractivity contribution in [1.29, 1.82) is 0 Å². The Labute approximate surface area is 206 Å². The molecule has 5 rings (SSSR count). The van der Waals surface area contributed by atoms with Gasteiger partial charge < -0.3 is 25.0 Å². The molecule has 1 aliphatic carbocycles. The van der Waals surface area contributed by atoms with Crippen LogP contribution < -0.4 is 10.1 Å². The maximum atomic E-state index is 12.9. The largest absolute Gasteiger partial charge is 0.497 e. The summed E-state index contributed by atoms with van der Waals surface area (Å²) in [6, 6.07) is 14.5. The van der Waals surface area contributed by atoms with Gasteiger partial charge in [-0.1, -0.05) is 42.9 Å². The smallest absolute Gasteiger partial charge is 0.322 e. The van der Waals surface area contributed by atoms with Crippen LogP contribution in [0.1, 0.15) is 42.7 Å². The van der Waals surface area contributed by atoms with Crippen molar-refractivity contribution in [3.8, 4) is 17.6 Å². The number of amides is 3. The SMILES string of the molecule is COc1cccc(NC(=O)N2CC(=O)N3[C@@H](CO)[C@@H](c4ccc(C#CC5CCCC5)cc4)[C@@H]3C2)c1. The maximum Gasteiger partial charge on any atom is 0.322 e. The van der Waals surface area contributed by atoms with Crippen LogP contribution in [0.4, 0.5) is 10.5 Å². The van der Waals surface area contributed by atoms with Crippen LogP contribution in [0.2, 0.25) is 0 Å². The molecule has 2 N–H and O–H groups in total. The van der Waals surface area contributed by atoms with Gasteiger partial charge in [0, 0.05) is 35.7 Å². The number of carbonyl (C=O) groups is 2. The van der Waals surface area contributed by atoms with Gasteiger partial charge in [0.2, 0.25) is 5.91 Å². The van der Waals surface area contributed by atoms with Gasteiger partial charge in [0.25, 0.3) is 0 Å². The Balaban J connectivity index is 1.29. The van der Waals surface area contributed by atoms with Crippen LogP contribution in [0.3, 0.4) is 0 Å². The monoisotopic (exact) mass is 473 g/mol. The van der Waals surface area contributed by atoms with Gasteiger partial charge in [-0.25, -0.2) is 4.79 Å². The lowest BCUT2D eigenvalue weighted by atomic mass is 9.73. The van der Waals surface area contributed by atoms with Crippen LogP contribution in [0.5, 0.6) is 5.75 Å².